The predicted octanol–water partition coefficient (Wildman–Crippen LogP) is 3.27. The number of aliphatic hydroxyl groups is 1. The summed E-state index contributed by atoms with van der Waals surface area (Å²) in [7, 11) is 0. The van der Waals surface area contributed by atoms with E-state index in [1.807, 2.05) is 32.0 Å². The van der Waals surface area contributed by atoms with Crippen LogP contribution >= 0.6 is 0 Å². The summed E-state index contributed by atoms with van der Waals surface area (Å²) in [5.41, 5.74) is 1.20. The van der Waals surface area contributed by atoms with Gasteiger partial charge in [0.2, 0.25) is 0 Å². The highest BCUT2D eigenvalue weighted by Gasteiger charge is 2.52. The Kier molecular flexibility index (Phi) is 4.42. The maximum Gasteiger partial charge on any atom is 0.163 e. The van der Waals surface area contributed by atoms with Crippen LogP contribution in [0.4, 0.5) is 0 Å². The number of ether oxygens (including phenoxy) is 3. The average molecular weight is 332 g/mol. The van der Waals surface area contributed by atoms with E-state index < -0.39 is 5.79 Å². The molecule has 2 aliphatic carbocycles. The molecule has 0 radical (unpaired) electrons. The highest BCUT2D eigenvalue weighted by atomic mass is 16.7. The fourth-order valence-corrected chi connectivity index (χ4v) is 4.81. The van der Waals surface area contributed by atoms with E-state index >= 15 is 0 Å². The SMILES string of the molecule is CC1(C)O[C@H]2C[C@H]3[C@@H](C[C@H]2O1)[C@@H](O)CC[C@@H]3OCc1ccccc1. The Morgan fingerprint density at radius 2 is 1.71 bits per heavy atom. The van der Waals surface area contributed by atoms with Gasteiger partial charge in [-0.1, -0.05) is 30.3 Å². The minimum absolute atomic E-state index is 0.115. The summed E-state index contributed by atoms with van der Waals surface area (Å²) in [6.07, 6.45) is 3.77. The Morgan fingerprint density at radius 3 is 2.42 bits per heavy atom. The maximum atomic E-state index is 10.5. The van der Waals surface area contributed by atoms with E-state index in [2.05, 4.69) is 12.1 Å². The van der Waals surface area contributed by atoms with Crippen molar-refractivity contribution in [3.05, 3.63) is 35.9 Å². The number of hydrogen-bond donors (Lipinski definition) is 1. The van der Waals surface area contributed by atoms with Gasteiger partial charge in [-0.25, -0.2) is 0 Å². The molecule has 4 rings (SSSR count). The molecule has 4 nitrogen and oxygen atoms in total. The molecule has 0 amide bonds. The second kappa shape index (κ2) is 6.41. The van der Waals surface area contributed by atoms with Crippen molar-refractivity contribution in [2.75, 3.05) is 0 Å². The number of rotatable bonds is 3. The molecule has 1 heterocycles. The maximum absolute atomic E-state index is 10.5. The summed E-state index contributed by atoms with van der Waals surface area (Å²) >= 11 is 0. The predicted molar refractivity (Wildman–Crippen MR) is 90.3 cm³/mol. The molecule has 4 heteroatoms. The van der Waals surface area contributed by atoms with E-state index in [4.69, 9.17) is 14.2 Å². The molecular weight excluding hydrogens is 304 g/mol. The van der Waals surface area contributed by atoms with E-state index in [1.54, 1.807) is 0 Å². The number of benzene rings is 1. The van der Waals surface area contributed by atoms with Crippen molar-refractivity contribution in [2.24, 2.45) is 11.8 Å². The molecule has 0 unspecified atom stereocenters. The number of hydrogen-bond acceptors (Lipinski definition) is 4. The smallest absolute Gasteiger partial charge is 0.163 e. The summed E-state index contributed by atoms with van der Waals surface area (Å²) in [6.45, 7) is 4.60. The molecule has 132 valence electrons. The van der Waals surface area contributed by atoms with Gasteiger partial charge < -0.3 is 19.3 Å². The molecule has 1 aromatic rings. The molecule has 3 aliphatic rings. The van der Waals surface area contributed by atoms with Crippen LogP contribution in [0.2, 0.25) is 0 Å². The zero-order valence-corrected chi connectivity index (χ0v) is 14.6. The van der Waals surface area contributed by atoms with Gasteiger partial charge in [-0.15, -0.1) is 0 Å². The van der Waals surface area contributed by atoms with Crippen molar-refractivity contribution in [1.29, 1.82) is 0 Å². The quantitative estimate of drug-likeness (QED) is 0.923. The normalized spacial score (nSPS) is 40.8. The van der Waals surface area contributed by atoms with Crippen LogP contribution in [-0.2, 0) is 20.8 Å². The van der Waals surface area contributed by atoms with Crippen LogP contribution in [0.15, 0.2) is 30.3 Å². The third-order valence-electron chi connectivity index (χ3n) is 5.87. The van der Waals surface area contributed by atoms with Crippen molar-refractivity contribution in [3.8, 4) is 0 Å². The largest absolute Gasteiger partial charge is 0.393 e. The van der Waals surface area contributed by atoms with Gasteiger partial charge in [0.25, 0.3) is 0 Å². The summed E-state index contributed by atoms with van der Waals surface area (Å²) in [4.78, 5) is 0. The first-order valence-corrected chi connectivity index (χ1v) is 9.21. The zero-order valence-electron chi connectivity index (χ0n) is 14.6. The van der Waals surface area contributed by atoms with Gasteiger partial charge >= 0.3 is 0 Å². The second-order valence-electron chi connectivity index (χ2n) is 7.99. The fourth-order valence-electron chi connectivity index (χ4n) is 4.81. The Labute approximate surface area is 144 Å². The lowest BCUT2D eigenvalue weighted by Gasteiger charge is -2.46. The standard InChI is InChI=1S/C20H28O4/c1-20(2)23-18-10-14-15(11-19(18)24-20)17(9-8-16(14)21)22-12-13-6-4-3-5-7-13/h3-7,14-19,21H,8-12H2,1-2H3/t14-,15+,16+,17+,18-,19+/m1/s1. The van der Waals surface area contributed by atoms with Gasteiger partial charge in [0.05, 0.1) is 31.0 Å². The van der Waals surface area contributed by atoms with E-state index in [1.165, 1.54) is 5.56 Å². The van der Waals surface area contributed by atoms with Gasteiger partial charge in [0.1, 0.15) is 0 Å². The summed E-state index contributed by atoms with van der Waals surface area (Å²) < 4.78 is 18.4. The molecule has 1 N–H and O–H groups in total. The van der Waals surface area contributed by atoms with Crippen LogP contribution < -0.4 is 0 Å². The fraction of sp³-hybridized carbons (Fsp3) is 0.700. The average Bonchev–Trinajstić information content (AvgIpc) is 2.87. The van der Waals surface area contributed by atoms with Gasteiger partial charge in [-0.3, -0.25) is 0 Å². The third-order valence-corrected chi connectivity index (χ3v) is 5.87. The van der Waals surface area contributed by atoms with E-state index in [9.17, 15) is 5.11 Å². The lowest BCUT2D eigenvalue weighted by atomic mass is 9.66. The highest BCUT2D eigenvalue weighted by Crippen LogP contribution is 2.47. The monoisotopic (exact) mass is 332 g/mol. The highest BCUT2D eigenvalue weighted by molar-refractivity contribution is 5.13. The molecule has 1 aliphatic heterocycles. The van der Waals surface area contributed by atoms with Gasteiger partial charge in [-0.05, 0) is 56.9 Å². The molecule has 0 aromatic heterocycles. The molecule has 0 bridgehead atoms. The van der Waals surface area contributed by atoms with Crippen molar-refractivity contribution < 1.29 is 19.3 Å². The van der Waals surface area contributed by atoms with Crippen molar-refractivity contribution >= 4 is 0 Å². The van der Waals surface area contributed by atoms with Gasteiger partial charge in [0, 0.05) is 0 Å². The Bertz CT molecular complexity index is 558. The molecule has 24 heavy (non-hydrogen) atoms. The molecule has 1 aromatic carbocycles. The minimum atomic E-state index is -0.506. The van der Waals surface area contributed by atoms with E-state index in [0.717, 1.165) is 25.7 Å². The lowest BCUT2D eigenvalue weighted by Crippen LogP contribution is -2.50. The first kappa shape index (κ1) is 16.5. The van der Waals surface area contributed by atoms with Crippen LogP contribution in [0, 0.1) is 11.8 Å². The molecule has 0 spiro atoms. The number of aliphatic hydroxyl groups excluding tert-OH is 1. The minimum Gasteiger partial charge on any atom is -0.393 e. The van der Waals surface area contributed by atoms with Crippen LogP contribution in [0.3, 0.4) is 0 Å². The summed E-state index contributed by atoms with van der Waals surface area (Å²) in [5, 5.41) is 10.5. The topological polar surface area (TPSA) is 47.9 Å². The Balaban J connectivity index is 1.45. The first-order chi connectivity index (χ1) is 11.5. The first-order valence-electron chi connectivity index (χ1n) is 9.21. The van der Waals surface area contributed by atoms with Gasteiger partial charge in [0.15, 0.2) is 5.79 Å². The van der Waals surface area contributed by atoms with Crippen LogP contribution in [-0.4, -0.2) is 35.3 Å². The van der Waals surface area contributed by atoms with Crippen LogP contribution in [0.25, 0.3) is 0 Å². The van der Waals surface area contributed by atoms with Crippen molar-refractivity contribution in [1.82, 2.24) is 0 Å². The Morgan fingerprint density at radius 1 is 1.04 bits per heavy atom. The Hall–Kier alpha value is -0.940. The molecular formula is C20H28O4. The molecule has 3 fully saturated rings. The lowest BCUT2D eigenvalue weighted by molar-refractivity contribution is -0.146. The third kappa shape index (κ3) is 3.25. The van der Waals surface area contributed by atoms with Crippen molar-refractivity contribution in [3.63, 3.8) is 0 Å². The summed E-state index contributed by atoms with van der Waals surface area (Å²) in [5.74, 6) is 0.114. The second-order valence-corrected chi connectivity index (χ2v) is 7.99. The van der Waals surface area contributed by atoms with Crippen molar-refractivity contribution in [2.45, 2.75) is 76.3 Å². The number of fused-ring (bicyclic) bond motifs is 2. The zero-order chi connectivity index (χ0) is 16.7. The molecule has 2 saturated carbocycles. The molecule has 6 atom stereocenters. The van der Waals surface area contributed by atoms with Gasteiger partial charge in [-0.2, -0.15) is 0 Å². The molecule has 1 saturated heterocycles. The van der Waals surface area contributed by atoms with Crippen LogP contribution in [0.5, 0.6) is 0 Å². The van der Waals surface area contributed by atoms with Crippen LogP contribution in [0.1, 0.15) is 45.1 Å². The van der Waals surface area contributed by atoms with E-state index in [-0.39, 0.29) is 30.3 Å². The summed E-state index contributed by atoms with van der Waals surface area (Å²) in [6, 6.07) is 10.3. The van der Waals surface area contributed by atoms with E-state index in [0.29, 0.717) is 12.5 Å².